The second-order valence-corrected chi connectivity index (χ2v) is 6.02. The van der Waals surface area contributed by atoms with Gasteiger partial charge < -0.3 is 9.47 Å². The average Bonchev–Trinajstić information content (AvgIpc) is 2.64. The van der Waals surface area contributed by atoms with Gasteiger partial charge in [-0.05, 0) is 28.8 Å². The van der Waals surface area contributed by atoms with Crippen LogP contribution in [0.1, 0.15) is 22.8 Å². The molecule has 6 heteroatoms. The summed E-state index contributed by atoms with van der Waals surface area (Å²) in [6, 6.07) is 15.3. The number of hydrogen-bond acceptors (Lipinski definition) is 5. The number of esters is 1. The van der Waals surface area contributed by atoms with Gasteiger partial charge in [0.15, 0.2) is 0 Å². The molecule has 0 saturated carbocycles. The summed E-state index contributed by atoms with van der Waals surface area (Å²) in [7, 11) is 4.52. The Balaban J connectivity index is 2.57. The van der Waals surface area contributed by atoms with Crippen molar-refractivity contribution < 1.29 is 19.1 Å². The first-order valence-corrected chi connectivity index (χ1v) is 8.40. The van der Waals surface area contributed by atoms with Crippen LogP contribution in [-0.2, 0) is 19.1 Å². The number of carbonyl (C=O) groups excluding carboxylic acids is 1. The van der Waals surface area contributed by atoms with E-state index in [4.69, 9.17) is 14.3 Å². The predicted octanol–water partition coefficient (Wildman–Crippen LogP) is 3.85. The SMILES string of the molecule is CNOC(c1ccc(Br)cc1)c1ccccc1C(=COC)C(=O)OC. The smallest absolute Gasteiger partial charge is 0.341 e. The maximum Gasteiger partial charge on any atom is 0.341 e. The molecule has 25 heavy (non-hydrogen) atoms. The Morgan fingerprint density at radius 1 is 1.12 bits per heavy atom. The lowest BCUT2D eigenvalue weighted by atomic mass is 9.93. The number of hydroxylamine groups is 1. The first-order valence-electron chi connectivity index (χ1n) is 7.60. The third kappa shape index (κ3) is 4.69. The zero-order valence-corrected chi connectivity index (χ0v) is 15.9. The van der Waals surface area contributed by atoms with Gasteiger partial charge in [0.05, 0.1) is 20.5 Å². The van der Waals surface area contributed by atoms with E-state index in [0.29, 0.717) is 11.1 Å². The number of benzene rings is 2. The minimum atomic E-state index is -0.478. The molecule has 0 aliphatic carbocycles. The first-order chi connectivity index (χ1) is 12.1. The van der Waals surface area contributed by atoms with Gasteiger partial charge in [0.2, 0.25) is 0 Å². The molecule has 2 aromatic rings. The van der Waals surface area contributed by atoms with E-state index >= 15 is 0 Å². The fourth-order valence-corrected chi connectivity index (χ4v) is 2.75. The van der Waals surface area contributed by atoms with E-state index in [2.05, 4.69) is 21.4 Å². The molecular weight excluding hydrogens is 386 g/mol. The minimum Gasteiger partial charge on any atom is -0.503 e. The Morgan fingerprint density at radius 3 is 2.40 bits per heavy atom. The van der Waals surface area contributed by atoms with Crippen LogP contribution in [0.5, 0.6) is 0 Å². The highest BCUT2D eigenvalue weighted by Gasteiger charge is 2.23. The molecule has 0 amide bonds. The van der Waals surface area contributed by atoms with Crippen LogP contribution in [0.25, 0.3) is 5.57 Å². The second-order valence-electron chi connectivity index (χ2n) is 5.10. The fourth-order valence-electron chi connectivity index (χ4n) is 2.49. The van der Waals surface area contributed by atoms with Crippen molar-refractivity contribution in [2.75, 3.05) is 21.3 Å². The largest absolute Gasteiger partial charge is 0.503 e. The Morgan fingerprint density at radius 2 is 1.80 bits per heavy atom. The van der Waals surface area contributed by atoms with Crippen molar-refractivity contribution in [3.8, 4) is 0 Å². The highest BCUT2D eigenvalue weighted by atomic mass is 79.9. The Kier molecular flexibility index (Phi) is 7.18. The minimum absolute atomic E-state index is 0.322. The number of ether oxygens (including phenoxy) is 2. The van der Waals surface area contributed by atoms with Crippen molar-refractivity contribution in [3.63, 3.8) is 0 Å². The van der Waals surface area contributed by atoms with E-state index < -0.39 is 12.1 Å². The van der Waals surface area contributed by atoms with Gasteiger partial charge in [-0.1, -0.05) is 52.3 Å². The highest BCUT2D eigenvalue weighted by molar-refractivity contribution is 9.10. The number of methoxy groups -OCH3 is 2. The lowest BCUT2D eigenvalue weighted by Gasteiger charge is -2.21. The summed E-state index contributed by atoms with van der Waals surface area (Å²) < 4.78 is 10.9. The third-order valence-electron chi connectivity index (χ3n) is 3.58. The van der Waals surface area contributed by atoms with Gasteiger partial charge in [0.25, 0.3) is 0 Å². The predicted molar refractivity (Wildman–Crippen MR) is 99.6 cm³/mol. The second kappa shape index (κ2) is 9.36. The number of hydrogen-bond donors (Lipinski definition) is 1. The summed E-state index contributed by atoms with van der Waals surface area (Å²) >= 11 is 3.43. The van der Waals surface area contributed by atoms with Crippen LogP contribution >= 0.6 is 15.9 Å². The van der Waals surface area contributed by atoms with E-state index in [-0.39, 0.29) is 0 Å². The van der Waals surface area contributed by atoms with E-state index in [9.17, 15) is 4.79 Å². The molecule has 5 nitrogen and oxygen atoms in total. The molecule has 0 bridgehead atoms. The molecule has 1 atom stereocenters. The third-order valence-corrected chi connectivity index (χ3v) is 4.11. The van der Waals surface area contributed by atoms with Gasteiger partial charge in [-0.25, -0.2) is 10.3 Å². The summed E-state index contributed by atoms with van der Waals surface area (Å²) in [5.41, 5.74) is 5.49. The zero-order valence-electron chi connectivity index (χ0n) is 14.3. The van der Waals surface area contributed by atoms with Gasteiger partial charge >= 0.3 is 5.97 Å². The lowest BCUT2D eigenvalue weighted by Crippen LogP contribution is -2.17. The maximum atomic E-state index is 12.2. The van der Waals surface area contributed by atoms with E-state index in [1.165, 1.54) is 20.5 Å². The molecule has 132 valence electrons. The van der Waals surface area contributed by atoms with Crippen LogP contribution in [0.15, 0.2) is 59.3 Å². The van der Waals surface area contributed by atoms with E-state index in [0.717, 1.165) is 15.6 Å². The standard InChI is InChI=1S/C19H20BrNO4/c1-21-25-18(13-8-10-14(20)11-9-13)16-7-5-4-6-15(16)17(12-23-2)19(22)24-3/h4-12,18,21H,1-3H3. The lowest BCUT2D eigenvalue weighted by molar-refractivity contribution is -0.133. The summed E-state index contributed by atoms with van der Waals surface area (Å²) in [5.74, 6) is -0.478. The summed E-state index contributed by atoms with van der Waals surface area (Å²) in [6.07, 6.45) is 0.960. The highest BCUT2D eigenvalue weighted by Crippen LogP contribution is 2.32. The molecule has 0 heterocycles. The molecule has 2 rings (SSSR count). The van der Waals surface area contributed by atoms with Crippen LogP contribution in [0.2, 0.25) is 0 Å². The molecule has 1 N–H and O–H groups in total. The first kappa shape index (κ1) is 19.2. The zero-order chi connectivity index (χ0) is 18.2. The van der Waals surface area contributed by atoms with Gasteiger partial charge in [-0.3, -0.25) is 4.84 Å². The summed E-state index contributed by atoms with van der Waals surface area (Å²) in [5, 5.41) is 0. The van der Waals surface area contributed by atoms with Crippen molar-refractivity contribution in [1.82, 2.24) is 5.48 Å². The van der Waals surface area contributed by atoms with Crippen LogP contribution < -0.4 is 5.48 Å². The molecule has 1 unspecified atom stereocenters. The molecule has 0 fully saturated rings. The fraction of sp³-hybridized carbons (Fsp3) is 0.211. The van der Waals surface area contributed by atoms with Crippen molar-refractivity contribution in [2.45, 2.75) is 6.10 Å². The van der Waals surface area contributed by atoms with Crippen LogP contribution in [0.3, 0.4) is 0 Å². The van der Waals surface area contributed by atoms with Crippen molar-refractivity contribution in [2.24, 2.45) is 0 Å². The quantitative estimate of drug-likeness (QED) is 0.328. The number of carbonyl (C=O) groups is 1. The number of rotatable bonds is 7. The maximum absolute atomic E-state index is 12.2. The van der Waals surface area contributed by atoms with Gasteiger partial charge in [-0.15, -0.1) is 0 Å². The molecule has 0 aromatic heterocycles. The van der Waals surface area contributed by atoms with Crippen LogP contribution in [0, 0.1) is 0 Å². The normalized spacial score (nSPS) is 12.6. The average molecular weight is 406 g/mol. The number of halogens is 1. The Bertz CT molecular complexity index is 743. The molecule has 0 radical (unpaired) electrons. The monoisotopic (exact) mass is 405 g/mol. The Labute approximate surface area is 155 Å². The molecule has 0 saturated heterocycles. The van der Waals surface area contributed by atoms with Gasteiger partial charge in [0, 0.05) is 11.5 Å². The van der Waals surface area contributed by atoms with Crippen LogP contribution in [-0.4, -0.2) is 27.2 Å². The summed E-state index contributed by atoms with van der Waals surface area (Å²) in [4.78, 5) is 17.9. The summed E-state index contributed by atoms with van der Waals surface area (Å²) in [6.45, 7) is 0. The topological polar surface area (TPSA) is 56.8 Å². The Hall–Kier alpha value is -2.15. The molecule has 0 aliphatic heterocycles. The molecule has 2 aromatic carbocycles. The van der Waals surface area contributed by atoms with E-state index in [1.807, 2.05) is 48.5 Å². The van der Waals surface area contributed by atoms with Crippen molar-refractivity contribution >= 4 is 27.5 Å². The molecular formula is C19H20BrNO4. The van der Waals surface area contributed by atoms with Gasteiger partial charge in [-0.2, -0.15) is 0 Å². The molecule has 0 aliphatic rings. The van der Waals surface area contributed by atoms with E-state index in [1.54, 1.807) is 7.05 Å². The van der Waals surface area contributed by atoms with Crippen LogP contribution in [0.4, 0.5) is 0 Å². The number of nitrogens with one attached hydrogen (secondary N) is 1. The van der Waals surface area contributed by atoms with Crippen molar-refractivity contribution in [1.29, 1.82) is 0 Å². The van der Waals surface area contributed by atoms with Gasteiger partial charge in [0.1, 0.15) is 11.7 Å². The molecule has 0 spiro atoms. The van der Waals surface area contributed by atoms with Crippen molar-refractivity contribution in [3.05, 3.63) is 76.0 Å².